The first-order chi connectivity index (χ1) is 9.58. The molecule has 0 spiro atoms. The van der Waals surface area contributed by atoms with Crippen LogP contribution in [0.4, 0.5) is 10.5 Å². The van der Waals surface area contributed by atoms with Crippen molar-refractivity contribution in [2.75, 3.05) is 13.1 Å². The summed E-state index contributed by atoms with van der Waals surface area (Å²) in [5, 5.41) is 20.2. The van der Waals surface area contributed by atoms with Gasteiger partial charge in [-0.1, -0.05) is 12.1 Å². The Kier molecular flexibility index (Phi) is 4.52. The van der Waals surface area contributed by atoms with Gasteiger partial charge in [0.25, 0.3) is 5.69 Å². The van der Waals surface area contributed by atoms with Gasteiger partial charge in [-0.05, 0) is 18.9 Å². The molecule has 108 valence electrons. The number of ether oxygens (including phenoxy) is 1. The second kappa shape index (κ2) is 6.33. The van der Waals surface area contributed by atoms with Gasteiger partial charge in [0.05, 0.1) is 16.6 Å². The van der Waals surface area contributed by atoms with E-state index < -0.39 is 11.0 Å². The summed E-state index contributed by atoms with van der Waals surface area (Å²) in [6.45, 7) is 0.753. The SMILES string of the molecule is O=C(OCc1ccccc1[N+](=O)[O-])N1CCC(O)CC1. The molecule has 0 aliphatic carbocycles. The van der Waals surface area contributed by atoms with E-state index in [0.29, 0.717) is 31.5 Å². The average Bonchev–Trinajstić information content (AvgIpc) is 2.45. The smallest absolute Gasteiger partial charge is 0.410 e. The van der Waals surface area contributed by atoms with Gasteiger partial charge in [0.15, 0.2) is 0 Å². The number of aliphatic hydroxyl groups is 1. The molecule has 1 aromatic rings. The first-order valence-corrected chi connectivity index (χ1v) is 6.40. The van der Waals surface area contributed by atoms with E-state index in [-0.39, 0.29) is 18.4 Å². The summed E-state index contributed by atoms with van der Waals surface area (Å²) in [5.74, 6) is 0. The fourth-order valence-electron chi connectivity index (χ4n) is 2.09. The lowest BCUT2D eigenvalue weighted by molar-refractivity contribution is -0.385. The molecule has 1 amide bonds. The van der Waals surface area contributed by atoms with Crippen LogP contribution in [0.3, 0.4) is 0 Å². The number of rotatable bonds is 3. The van der Waals surface area contributed by atoms with Crippen LogP contribution in [0, 0.1) is 10.1 Å². The highest BCUT2D eigenvalue weighted by molar-refractivity contribution is 5.67. The lowest BCUT2D eigenvalue weighted by Crippen LogP contribution is -2.40. The zero-order valence-electron chi connectivity index (χ0n) is 10.9. The maximum absolute atomic E-state index is 11.8. The molecule has 1 N–H and O–H groups in total. The second-order valence-electron chi connectivity index (χ2n) is 4.66. The number of carbonyl (C=O) groups excluding carboxylic acids is 1. The Hall–Kier alpha value is -2.15. The molecule has 20 heavy (non-hydrogen) atoms. The first-order valence-electron chi connectivity index (χ1n) is 6.40. The maximum Gasteiger partial charge on any atom is 0.410 e. The molecular weight excluding hydrogens is 264 g/mol. The van der Waals surface area contributed by atoms with E-state index in [9.17, 15) is 20.0 Å². The Bertz CT molecular complexity index is 497. The van der Waals surface area contributed by atoms with Gasteiger partial charge in [-0.2, -0.15) is 0 Å². The van der Waals surface area contributed by atoms with Crippen molar-refractivity contribution in [3.63, 3.8) is 0 Å². The van der Waals surface area contributed by atoms with Crippen molar-refractivity contribution in [2.45, 2.75) is 25.6 Å². The van der Waals surface area contributed by atoms with Crippen LogP contribution in [0.5, 0.6) is 0 Å². The molecule has 1 fully saturated rings. The molecule has 1 heterocycles. The van der Waals surface area contributed by atoms with E-state index in [1.165, 1.54) is 11.0 Å². The number of hydrogen-bond donors (Lipinski definition) is 1. The van der Waals surface area contributed by atoms with Crippen molar-refractivity contribution in [1.82, 2.24) is 4.90 Å². The summed E-state index contributed by atoms with van der Waals surface area (Å²) in [7, 11) is 0. The molecule has 0 unspecified atom stereocenters. The Labute approximate surface area is 115 Å². The van der Waals surface area contributed by atoms with Gasteiger partial charge in [0, 0.05) is 19.2 Å². The topological polar surface area (TPSA) is 92.9 Å². The number of nitrogens with zero attached hydrogens (tertiary/aromatic N) is 2. The van der Waals surface area contributed by atoms with Crippen LogP contribution in [0.2, 0.25) is 0 Å². The molecule has 1 saturated heterocycles. The largest absolute Gasteiger partial charge is 0.444 e. The fraction of sp³-hybridized carbons (Fsp3) is 0.462. The lowest BCUT2D eigenvalue weighted by Gasteiger charge is -2.28. The Morgan fingerprint density at radius 1 is 1.40 bits per heavy atom. The molecule has 1 aromatic carbocycles. The molecule has 0 saturated carbocycles. The van der Waals surface area contributed by atoms with Gasteiger partial charge in [-0.3, -0.25) is 10.1 Å². The summed E-state index contributed by atoms with van der Waals surface area (Å²) in [6.07, 6.45) is 0.186. The standard InChI is InChI=1S/C13H16N2O5/c16-11-5-7-14(8-6-11)13(17)20-9-10-3-1-2-4-12(10)15(18)19/h1-4,11,16H,5-9H2. The summed E-state index contributed by atoms with van der Waals surface area (Å²) in [5.41, 5.74) is 0.303. The summed E-state index contributed by atoms with van der Waals surface area (Å²) in [6, 6.07) is 6.16. The van der Waals surface area contributed by atoms with Gasteiger partial charge in [0.1, 0.15) is 6.61 Å². The molecule has 0 aromatic heterocycles. The minimum atomic E-state index is -0.505. The van der Waals surface area contributed by atoms with Gasteiger partial charge < -0.3 is 14.7 Å². The average molecular weight is 280 g/mol. The van der Waals surface area contributed by atoms with E-state index in [0.717, 1.165) is 0 Å². The fourth-order valence-corrected chi connectivity index (χ4v) is 2.09. The van der Waals surface area contributed by atoms with Crippen LogP contribution in [0.1, 0.15) is 18.4 Å². The molecule has 1 aliphatic heterocycles. The molecule has 0 radical (unpaired) electrons. The van der Waals surface area contributed by atoms with Gasteiger partial charge >= 0.3 is 6.09 Å². The quantitative estimate of drug-likeness (QED) is 0.671. The Balaban J connectivity index is 1.92. The van der Waals surface area contributed by atoms with Crippen molar-refractivity contribution in [1.29, 1.82) is 0 Å². The summed E-state index contributed by atoms with van der Waals surface area (Å²) in [4.78, 5) is 23.6. The van der Waals surface area contributed by atoms with Gasteiger partial charge in [0.2, 0.25) is 0 Å². The molecule has 7 heteroatoms. The molecular formula is C13H16N2O5. The third kappa shape index (κ3) is 3.45. The lowest BCUT2D eigenvalue weighted by atomic mass is 10.1. The van der Waals surface area contributed by atoms with Gasteiger partial charge in [-0.25, -0.2) is 4.79 Å². The van der Waals surface area contributed by atoms with E-state index in [1.807, 2.05) is 0 Å². The minimum absolute atomic E-state index is 0.0608. The van der Waals surface area contributed by atoms with Crippen LogP contribution in [0.15, 0.2) is 24.3 Å². The Morgan fingerprint density at radius 2 is 2.05 bits per heavy atom. The Morgan fingerprint density at radius 3 is 2.70 bits per heavy atom. The maximum atomic E-state index is 11.8. The highest BCUT2D eigenvalue weighted by Gasteiger charge is 2.23. The zero-order chi connectivity index (χ0) is 14.5. The van der Waals surface area contributed by atoms with Crippen LogP contribution < -0.4 is 0 Å². The van der Waals surface area contributed by atoms with Crippen molar-refractivity contribution in [3.8, 4) is 0 Å². The third-order valence-electron chi connectivity index (χ3n) is 3.26. The monoisotopic (exact) mass is 280 g/mol. The third-order valence-corrected chi connectivity index (χ3v) is 3.26. The molecule has 0 atom stereocenters. The van der Waals surface area contributed by atoms with Crippen LogP contribution in [0.25, 0.3) is 0 Å². The predicted octanol–water partition coefficient (Wildman–Crippen LogP) is 1.69. The summed E-state index contributed by atoms with van der Waals surface area (Å²) >= 11 is 0. The zero-order valence-corrected chi connectivity index (χ0v) is 10.9. The first kappa shape index (κ1) is 14.3. The number of para-hydroxylation sites is 1. The van der Waals surface area contributed by atoms with Crippen molar-refractivity contribution in [2.24, 2.45) is 0 Å². The normalized spacial score (nSPS) is 15.9. The number of aliphatic hydroxyl groups excluding tert-OH is 1. The van der Waals surface area contributed by atoms with Crippen molar-refractivity contribution >= 4 is 11.8 Å². The highest BCUT2D eigenvalue weighted by Crippen LogP contribution is 2.19. The number of piperidine rings is 1. The van der Waals surface area contributed by atoms with Crippen LogP contribution in [-0.4, -0.2) is 40.2 Å². The van der Waals surface area contributed by atoms with Crippen molar-refractivity contribution in [3.05, 3.63) is 39.9 Å². The van der Waals surface area contributed by atoms with E-state index in [4.69, 9.17) is 4.74 Å². The minimum Gasteiger partial charge on any atom is -0.444 e. The van der Waals surface area contributed by atoms with Crippen LogP contribution in [-0.2, 0) is 11.3 Å². The molecule has 0 bridgehead atoms. The van der Waals surface area contributed by atoms with Crippen molar-refractivity contribution < 1.29 is 19.6 Å². The molecule has 7 nitrogen and oxygen atoms in total. The predicted molar refractivity (Wildman–Crippen MR) is 70.1 cm³/mol. The number of carbonyl (C=O) groups is 1. The molecule has 1 aliphatic rings. The number of amides is 1. The highest BCUT2D eigenvalue weighted by atomic mass is 16.6. The van der Waals surface area contributed by atoms with E-state index in [2.05, 4.69) is 0 Å². The summed E-state index contributed by atoms with van der Waals surface area (Å²) < 4.78 is 5.09. The van der Waals surface area contributed by atoms with E-state index in [1.54, 1.807) is 18.2 Å². The number of nitro groups is 1. The van der Waals surface area contributed by atoms with E-state index >= 15 is 0 Å². The van der Waals surface area contributed by atoms with Crippen LogP contribution >= 0.6 is 0 Å². The number of benzene rings is 1. The number of likely N-dealkylation sites (tertiary alicyclic amines) is 1. The number of hydrogen-bond acceptors (Lipinski definition) is 5. The van der Waals surface area contributed by atoms with Gasteiger partial charge in [-0.15, -0.1) is 0 Å². The molecule has 2 rings (SSSR count). The second-order valence-corrected chi connectivity index (χ2v) is 4.66. The number of nitro benzene ring substituents is 1.